The van der Waals surface area contributed by atoms with Gasteiger partial charge in [0.1, 0.15) is 23.8 Å². The molecule has 6 nitrogen and oxygen atoms in total. The van der Waals surface area contributed by atoms with Crippen LogP contribution in [0, 0.1) is 22.7 Å². The zero-order chi connectivity index (χ0) is 16.1. The molecule has 114 valence electrons. The van der Waals surface area contributed by atoms with E-state index < -0.39 is 0 Å². The van der Waals surface area contributed by atoms with Crippen molar-refractivity contribution in [1.82, 2.24) is 9.97 Å². The van der Waals surface area contributed by atoms with E-state index in [0.29, 0.717) is 11.1 Å². The fraction of sp³-hybridized carbons (Fsp3) is 0.294. The molecule has 2 aromatic heterocycles. The SMILES string of the molecule is N#Cc1cccnc1N1CCCN(c2ncccc2C#N)CC1. The summed E-state index contributed by atoms with van der Waals surface area (Å²) >= 11 is 0. The van der Waals surface area contributed by atoms with Crippen LogP contribution in [0.1, 0.15) is 17.5 Å². The van der Waals surface area contributed by atoms with Gasteiger partial charge in [-0.1, -0.05) is 0 Å². The number of nitrogens with zero attached hydrogens (tertiary/aromatic N) is 6. The lowest BCUT2D eigenvalue weighted by Gasteiger charge is -2.24. The van der Waals surface area contributed by atoms with Gasteiger partial charge in [0.05, 0.1) is 11.1 Å². The van der Waals surface area contributed by atoms with Crippen molar-refractivity contribution in [1.29, 1.82) is 10.5 Å². The molecule has 2 aromatic rings. The van der Waals surface area contributed by atoms with Crippen molar-refractivity contribution in [3.8, 4) is 12.1 Å². The summed E-state index contributed by atoms with van der Waals surface area (Å²) < 4.78 is 0. The van der Waals surface area contributed by atoms with Gasteiger partial charge in [-0.3, -0.25) is 0 Å². The topological polar surface area (TPSA) is 79.8 Å². The van der Waals surface area contributed by atoms with Crippen molar-refractivity contribution < 1.29 is 0 Å². The lowest BCUT2D eigenvalue weighted by Crippen LogP contribution is -2.32. The van der Waals surface area contributed by atoms with E-state index in [1.807, 2.05) is 0 Å². The molecule has 0 aromatic carbocycles. The standard InChI is InChI=1S/C17H16N6/c18-12-14-4-1-6-20-16(14)22-8-3-9-23(11-10-22)17-15(13-19)5-2-7-21-17/h1-2,4-7H,3,8-11H2. The maximum Gasteiger partial charge on any atom is 0.146 e. The minimum atomic E-state index is 0.594. The molecule has 1 aliphatic rings. The number of hydrogen-bond donors (Lipinski definition) is 0. The van der Waals surface area contributed by atoms with Crippen molar-refractivity contribution >= 4 is 11.6 Å². The van der Waals surface area contributed by atoms with Crippen LogP contribution in [-0.2, 0) is 0 Å². The largest absolute Gasteiger partial charge is 0.354 e. The number of aromatic nitrogens is 2. The van der Waals surface area contributed by atoms with Gasteiger partial charge in [-0.25, -0.2) is 9.97 Å². The summed E-state index contributed by atoms with van der Waals surface area (Å²) in [7, 11) is 0. The number of nitriles is 2. The van der Waals surface area contributed by atoms with E-state index in [1.54, 1.807) is 36.7 Å². The van der Waals surface area contributed by atoms with Gasteiger partial charge in [-0.05, 0) is 30.7 Å². The van der Waals surface area contributed by atoms with Crippen molar-refractivity contribution in [2.24, 2.45) is 0 Å². The van der Waals surface area contributed by atoms with Crippen molar-refractivity contribution in [2.75, 3.05) is 36.0 Å². The molecule has 0 amide bonds. The highest BCUT2D eigenvalue weighted by Crippen LogP contribution is 2.21. The average Bonchev–Trinajstić information content (AvgIpc) is 2.87. The normalized spacial score (nSPS) is 14.7. The summed E-state index contributed by atoms with van der Waals surface area (Å²) in [6.07, 6.45) is 4.35. The molecular formula is C17H16N6. The van der Waals surface area contributed by atoms with Gasteiger partial charge in [-0.15, -0.1) is 0 Å². The Hall–Kier alpha value is -3.12. The van der Waals surface area contributed by atoms with Crippen molar-refractivity contribution in [3.63, 3.8) is 0 Å². The summed E-state index contributed by atoms with van der Waals surface area (Å²) in [4.78, 5) is 13.0. The molecular weight excluding hydrogens is 288 g/mol. The van der Waals surface area contributed by atoms with Crippen LogP contribution < -0.4 is 9.80 Å². The predicted molar refractivity (Wildman–Crippen MR) is 86.9 cm³/mol. The Morgan fingerprint density at radius 2 is 1.26 bits per heavy atom. The Labute approximate surface area is 135 Å². The Morgan fingerprint density at radius 1 is 0.783 bits per heavy atom. The molecule has 3 rings (SSSR count). The van der Waals surface area contributed by atoms with E-state index in [4.69, 9.17) is 0 Å². The van der Waals surface area contributed by atoms with Gasteiger partial charge < -0.3 is 9.80 Å². The monoisotopic (exact) mass is 304 g/mol. The third kappa shape index (κ3) is 3.07. The van der Waals surface area contributed by atoms with E-state index in [1.165, 1.54) is 0 Å². The minimum absolute atomic E-state index is 0.594. The summed E-state index contributed by atoms with van der Waals surface area (Å²) in [6, 6.07) is 11.5. The van der Waals surface area contributed by atoms with E-state index in [2.05, 4.69) is 31.9 Å². The first-order chi connectivity index (χ1) is 11.3. The quantitative estimate of drug-likeness (QED) is 0.843. The summed E-state index contributed by atoms with van der Waals surface area (Å²) in [6.45, 7) is 3.15. The fourth-order valence-electron chi connectivity index (χ4n) is 2.81. The molecule has 0 aliphatic carbocycles. The lowest BCUT2D eigenvalue weighted by atomic mass is 10.2. The van der Waals surface area contributed by atoms with Crippen molar-refractivity contribution in [2.45, 2.75) is 6.42 Å². The molecule has 6 heteroatoms. The molecule has 1 aliphatic heterocycles. The highest BCUT2D eigenvalue weighted by Gasteiger charge is 2.20. The first kappa shape index (κ1) is 14.8. The maximum absolute atomic E-state index is 9.24. The van der Waals surface area contributed by atoms with Crippen LogP contribution in [0.15, 0.2) is 36.7 Å². The Bertz CT molecular complexity index is 708. The third-order valence-corrected chi connectivity index (χ3v) is 3.91. The predicted octanol–water partition coefficient (Wildman–Crippen LogP) is 1.94. The third-order valence-electron chi connectivity index (χ3n) is 3.91. The number of pyridine rings is 2. The Morgan fingerprint density at radius 3 is 1.70 bits per heavy atom. The van der Waals surface area contributed by atoms with Gasteiger partial charge in [0.15, 0.2) is 0 Å². The molecule has 0 atom stereocenters. The highest BCUT2D eigenvalue weighted by atomic mass is 15.3. The zero-order valence-corrected chi connectivity index (χ0v) is 12.7. The van der Waals surface area contributed by atoms with E-state index in [0.717, 1.165) is 44.2 Å². The number of anilines is 2. The number of hydrogen-bond acceptors (Lipinski definition) is 6. The molecule has 23 heavy (non-hydrogen) atoms. The van der Waals surface area contributed by atoms with Gasteiger partial charge in [0.2, 0.25) is 0 Å². The van der Waals surface area contributed by atoms with Crippen LogP contribution in [0.25, 0.3) is 0 Å². The highest BCUT2D eigenvalue weighted by molar-refractivity contribution is 5.56. The van der Waals surface area contributed by atoms with Gasteiger partial charge in [-0.2, -0.15) is 10.5 Å². The molecule has 1 fully saturated rings. The second-order valence-electron chi connectivity index (χ2n) is 5.30. The van der Waals surface area contributed by atoms with Crippen LogP contribution in [-0.4, -0.2) is 36.1 Å². The molecule has 0 radical (unpaired) electrons. The maximum atomic E-state index is 9.24. The zero-order valence-electron chi connectivity index (χ0n) is 12.7. The van der Waals surface area contributed by atoms with Crippen molar-refractivity contribution in [3.05, 3.63) is 47.8 Å². The summed E-state index contributed by atoms with van der Waals surface area (Å²) in [5, 5.41) is 18.5. The van der Waals surface area contributed by atoms with E-state index >= 15 is 0 Å². The second kappa shape index (κ2) is 6.76. The molecule has 3 heterocycles. The van der Waals surface area contributed by atoms with E-state index in [-0.39, 0.29) is 0 Å². The second-order valence-corrected chi connectivity index (χ2v) is 5.30. The van der Waals surface area contributed by atoms with Crippen LogP contribution >= 0.6 is 0 Å². The fourth-order valence-corrected chi connectivity index (χ4v) is 2.81. The molecule has 0 spiro atoms. The molecule has 0 N–H and O–H groups in total. The van der Waals surface area contributed by atoms with Crippen LogP contribution in [0.5, 0.6) is 0 Å². The van der Waals surface area contributed by atoms with Crippen LogP contribution in [0.2, 0.25) is 0 Å². The first-order valence-corrected chi connectivity index (χ1v) is 7.53. The Balaban J connectivity index is 1.80. The molecule has 0 saturated carbocycles. The van der Waals surface area contributed by atoms with Crippen LogP contribution in [0.3, 0.4) is 0 Å². The lowest BCUT2D eigenvalue weighted by molar-refractivity contribution is 0.793. The van der Waals surface area contributed by atoms with Gasteiger partial charge >= 0.3 is 0 Å². The summed E-state index contributed by atoms with van der Waals surface area (Å²) in [5.41, 5.74) is 1.19. The van der Waals surface area contributed by atoms with Crippen LogP contribution in [0.4, 0.5) is 11.6 Å². The first-order valence-electron chi connectivity index (χ1n) is 7.53. The average molecular weight is 304 g/mol. The van der Waals surface area contributed by atoms with Gasteiger partial charge in [0.25, 0.3) is 0 Å². The minimum Gasteiger partial charge on any atom is -0.354 e. The van der Waals surface area contributed by atoms with Gasteiger partial charge in [0, 0.05) is 38.6 Å². The summed E-state index contributed by atoms with van der Waals surface area (Å²) in [5.74, 6) is 1.47. The van der Waals surface area contributed by atoms with E-state index in [9.17, 15) is 10.5 Å². The smallest absolute Gasteiger partial charge is 0.146 e. The number of rotatable bonds is 2. The molecule has 1 saturated heterocycles. The molecule has 0 bridgehead atoms. The Kier molecular flexibility index (Phi) is 4.35. The molecule has 0 unspecified atom stereocenters.